The van der Waals surface area contributed by atoms with Crippen LogP contribution in [0, 0.1) is 11.3 Å². The van der Waals surface area contributed by atoms with Crippen LogP contribution in [0.4, 0.5) is 4.79 Å². The highest BCUT2D eigenvalue weighted by Gasteiger charge is 2.68. The van der Waals surface area contributed by atoms with Crippen molar-refractivity contribution in [2.45, 2.75) is 51.0 Å². The van der Waals surface area contributed by atoms with Gasteiger partial charge in [-0.3, -0.25) is 4.79 Å². The summed E-state index contributed by atoms with van der Waals surface area (Å²) in [6.07, 6.45) is 1.45. The van der Waals surface area contributed by atoms with Gasteiger partial charge in [-0.1, -0.05) is 68.8 Å². The van der Waals surface area contributed by atoms with E-state index in [-0.39, 0.29) is 36.2 Å². The summed E-state index contributed by atoms with van der Waals surface area (Å²) in [6.45, 7) is 5.05. The van der Waals surface area contributed by atoms with Crippen molar-refractivity contribution < 1.29 is 24.2 Å². The average molecular weight is 477 g/mol. The van der Waals surface area contributed by atoms with Crippen molar-refractivity contribution in [3.63, 3.8) is 0 Å². The molecule has 2 aromatic rings. The lowest BCUT2D eigenvalue weighted by Gasteiger charge is -2.42. The van der Waals surface area contributed by atoms with E-state index >= 15 is 0 Å². The molecule has 2 amide bonds. The number of aliphatic carboxylic acids is 1. The van der Waals surface area contributed by atoms with Gasteiger partial charge in [-0.15, -0.1) is 0 Å². The van der Waals surface area contributed by atoms with Gasteiger partial charge >= 0.3 is 12.1 Å². The summed E-state index contributed by atoms with van der Waals surface area (Å²) in [5, 5.41) is 12.5. The van der Waals surface area contributed by atoms with Crippen LogP contribution in [-0.2, 0) is 14.3 Å². The van der Waals surface area contributed by atoms with Crippen LogP contribution in [0.3, 0.4) is 0 Å². The minimum absolute atomic E-state index is 0.00747. The van der Waals surface area contributed by atoms with Gasteiger partial charge in [-0.2, -0.15) is 0 Å². The predicted octanol–water partition coefficient (Wildman–Crippen LogP) is 4.41. The molecule has 184 valence electrons. The van der Waals surface area contributed by atoms with E-state index in [0.29, 0.717) is 32.4 Å². The molecule has 1 atom stereocenters. The maximum atomic E-state index is 13.0. The van der Waals surface area contributed by atoms with Crippen LogP contribution in [-0.4, -0.2) is 53.2 Å². The standard InChI is InChI=1S/C28H32N2O5/c1-3-18(12-24(31)30-17-27(2)15-28(30,16-27)25(32)33)13-29-26(34)35-14-23-21-10-6-4-8-19(21)20-9-5-7-11-22(20)23/h4-11,18,23H,3,12-17H2,1-2H3,(H,29,34)(H,32,33). The van der Waals surface area contributed by atoms with Crippen LogP contribution in [0.5, 0.6) is 0 Å². The number of carbonyl (C=O) groups is 3. The van der Waals surface area contributed by atoms with Gasteiger partial charge in [0.05, 0.1) is 0 Å². The molecule has 3 fully saturated rings. The Bertz CT molecular complexity index is 1120. The molecular weight excluding hydrogens is 444 g/mol. The summed E-state index contributed by atoms with van der Waals surface area (Å²) in [6, 6.07) is 16.4. The monoisotopic (exact) mass is 476 g/mol. The Morgan fingerprint density at radius 1 is 1.09 bits per heavy atom. The zero-order chi connectivity index (χ0) is 24.8. The largest absolute Gasteiger partial charge is 0.479 e. The Morgan fingerprint density at radius 3 is 2.26 bits per heavy atom. The molecule has 0 radical (unpaired) electrons. The number of amides is 2. The van der Waals surface area contributed by atoms with Crippen molar-refractivity contribution in [3.8, 4) is 11.1 Å². The van der Waals surface area contributed by atoms with E-state index in [0.717, 1.165) is 11.1 Å². The van der Waals surface area contributed by atoms with Crippen molar-refractivity contribution >= 4 is 18.0 Å². The second-order valence-corrected chi connectivity index (χ2v) is 10.7. The van der Waals surface area contributed by atoms with E-state index in [1.165, 1.54) is 11.1 Å². The number of ether oxygens (including phenoxy) is 1. The first kappa shape index (κ1) is 23.4. The number of alkyl carbamates (subject to hydrolysis) is 1. The maximum absolute atomic E-state index is 13.0. The first-order valence-electron chi connectivity index (χ1n) is 12.4. The Balaban J connectivity index is 1.15. The Labute approximate surface area is 205 Å². The topological polar surface area (TPSA) is 95.9 Å². The number of benzene rings is 2. The maximum Gasteiger partial charge on any atom is 0.407 e. The van der Waals surface area contributed by atoms with Crippen LogP contribution in [0.2, 0.25) is 0 Å². The van der Waals surface area contributed by atoms with Crippen molar-refractivity contribution in [1.82, 2.24) is 10.2 Å². The highest BCUT2D eigenvalue weighted by molar-refractivity contribution is 5.90. The van der Waals surface area contributed by atoms with Crippen LogP contribution < -0.4 is 5.32 Å². The van der Waals surface area contributed by atoms with E-state index in [1.54, 1.807) is 4.90 Å². The third-order valence-electron chi connectivity index (χ3n) is 8.11. The molecular formula is C28H32N2O5. The Kier molecular flexibility index (Phi) is 5.82. The summed E-state index contributed by atoms with van der Waals surface area (Å²) in [5.41, 5.74) is 3.54. The van der Waals surface area contributed by atoms with Gasteiger partial charge in [0.2, 0.25) is 5.91 Å². The first-order valence-corrected chi connectivity index (χ1v) is 12.4. The molecule has 2 N–H and O–H groups in total. The van der Waals surface area contributed by atoms with Crippen LogP contribution >= 0.6 is 0 Å². The van der Waals surface area contributed by atoms with Crippen molar-refractivity contribution in [1.29, 1.82) is 0 Å². The van der Waals surface area contributed by atoms with E-state index in [4.69, 9.17) is 4.74 Å². The Morgan fingerprint density at radius 2 is 1.69 bits per heavy atom. The molecule has 2 aliphatic carbocycles. The fourth-order valence-electron chi connectivity index (χ4n) is 6.38. The number of carboxylic acid groups (broad SMARTS) is 1. The quantitative estimate of drug-likeness (QED) is 0.589. The molecule has 1 unspecified atom stereocenters. The van der Waals surface area contributed by atoms with Crippen molar-refractivity contribution in [2.75, 3.05) is 19.7 Å². The average Bonchev–Trinajstić information content (AvgIpc) is 3.44. The zero-order valence-electron chi connectivity index (χ0n) is 20.3. The predicted molar refractivity (Wildman–Crippen MR) is 131 cm³/mol. The van der Waals surface area contributed by atoms with Gasteiger partial charge in [0, 0.05) is 25.4 Å². The molecule has 4 aliphatic rings. The third-order valence-corrected chi connectivity index (χ3v) is 8.11. The van der Waals surface area contributed by atoms with Crippen molar-refractivity contribution in [3.05, 3.63) is 59.7 Å². The van der Waals surface area contributed by atoms with Crippen LogP contribution in [0.1, 0.15) is 56.6 Å². The fourth-order valence-corrected chi connectivity index (χ4v) is 6.38. The van der Waals surface area contributed by atoms with E-state index < -0.39 is 17.6 Å². The summed E-state index contributed by atoms with van der Waals surface area (Å²) in [7, 11) is 0. The molecule has 7 nitrogen and oxygen atoms in total. The molecule has 2 aromatic carbocycles. The number of nitrogens with one attached hydrogen (secondary N) is 1. The second kappa shape index (κ2) is 8.70. The summed E-state index contributed by atoms with van der Waals surface area (Å²) in [5.74, 6) is -1.15. The molecule has 7 heteroatoms. The summed E-state index contributed by atoms with van der Waals surface area (Å²) in [4.78, 5) is 38.9. The molecule has 6 rings (SSSR count). The molecule has 2 heterocycles. The number of carbonyl (C=O) groups excluding carboxylic acids is 2. The number of hydrogen-bond acceptors (Lipinski definition) is 4. The summed E-state index contributed by atoms with van der Waals surface area (Å²) < 4.78 is 5.60. The van der Waals surface area contributed by atoms with Crippen LogP contribution in [0.25, 0.3) is 11.1 Å². The third kappa shape index (κ3) is 3.97. The minimum atomic E-state index is -1.04. The van der Waals surface area contributed by atoms with Crippen molar-refractivity contribution in [2.24, 2.45) is 11.3 Å². The highest BCUT2D eigenvalue weighted by atomic mass is 16.5. The lowest BCUT2D eigenvalue weighted by atomic mass is 9.63. The van der Waals surface area contributed by atoms with Gasteiger partial charge in [-0.25, -0.2) is 9.59 Å². The summed E-state index contributed by atoms with van der Waals surface area (Å²) >= 11 is 0. The van der Waals surface area contributed by atoms with Crippen LogP contribution in [0.15, 0.2) is 48.5 Å². The molecule has 2 bridgehead atoms. The van der Waals surface area contributed by atoms with E-state index in [2.05, 4.69) is 29.6 Å². The lowest BCUT2D eigenvalue weighted by Crippen LogP contribution is -2.56. The van der Waals surface area contributed by atoms with E-state index in [9.17, 15) is 19.5 Å². The Hall–Kier alpha value is -3.35. The zero-order valence-corrected chi connectivity index (χ0v) is 20.3. The molecule has 2 saturated heterocycles. The SMILES string of the molecule is CCC(CNC(=O)OCC1c2ccccc2-c2ccccc21)CC(=O)N1CC2(C)CC1(C(=O)O)C2. The minimum Gasteiger partial charge on any atom is -0.479 e. The molecule has 35 heavy (non-hydrogen) atoms. The number of hydrogen-bond donors (Lipinski definition) is 2. The number of nitrogens with zero attached hydrogens (tertiary/aromatic N) is 1. The number of carboxylic acids is 1. The molecule has 2 aliphatic heterocycles. The molecule has 0 spiro atoms. The fraction of sp³-hybridized carbons (Fsp3) is 0.464. The van der Waals surface area contributed by atoms with Gasteiger partial charge in [-0.05, 0) is 46.4 Å². The lowest BCUT2D eigenvalue weighted by molar-refractivity contribution is -0.160. The van der Waals surface area contributed by atoms with Gasteiger partial charge in [0.1, 0.15) is 12.1 Å². The number of fused-ring (bicyclic) bond motifs is 4. The van der Waals surface area contributed by atoms with Gasteiger partial charge in [0.25, 0.3) is 0 Å². The molecule has 0 aromatic heterocycles. The number of rotatable bonds is 8. The molecule has 1 saturated carbocycles. The smallest absolute Gasteiger partial charge is 0.407 e. The van der Waals surface area contributed by atoms with E-state index in [1.807, 2.05) is 38.1 Å². The highest BCUT2D eigenvalue weighted by Crippen LogP contribution is 2.59. The van der Waals surface area contributed by atoms with Gasteiger partial charge in [0.15, 0.2) is 0 Å². The second-order valence-electron chi connectivity index (χ2n) is 10.7. The van der Waals surface area contributed by atoms with Gasteiger partial charge < -0.3 is 20.1 Å². The first-order chi connectivity index (χ1) is 16.8. The normalized spacial score (nSPS) is 24.8.